The summed E-state index contributed by atoms with van der Waals surface area (Å²) in [6, 6.07) is 10.2. The summed E-state index contributed by atoms with van der Waals surface area (Å²) in [5, 5.41) is 7.05. The van der Waals surface area contributed by atoms with Crippen molar-refractivity contribution in [2.75, 3.05) is 5.75 Å². The van der Waals surface area contributed by atoms with Crippen LogP contribution in [0, 0.1) is 0 Å². The molecule has 0 saturated heterocycles. The number of aromatic amines is 1. The second-order valence-corrected chi connectivity index (χ2v) is 3.52. The van der Waals surface area contributed by atoms with E-state index in [0.29, 0.717) is 0 Å². The van der Waals surface area contributed by atoms with E-state index < -0.39 is 0 Å². The monoisotopic (exact) mass is 216 g/mol. The van der Waals surface area contributed by atoms with Crippen LogP contribution < -0.4 is 0 Å². The van der Waals surface area contributed by atoms with Gasteiger partial charge in [-0.3, -0.25) is 5.10 Å². The minimum Gasteiger partial charge on any atom is -0.277 e. The largest absolute Gasteiger partial charge is 0.277 e. The minimum atomic E-state index is 0.736. The molecule has 2 nitrogen and oxygen atoms in total. The number of hydrogen-bond donors (Lipinski definition) is 2. The van der Waals surface area contributed by atoms with Gasteiger partial charge in [0.2, 0.25) is 0 Å². The summed E-state index contributed by atoms with van der Waals surface area (Å²) >= 11 is 4.14. The van der Waals surface area contributed by atoms with Gasteiger partial charge < -0.3 is 0 Å². The zero-order valence-corrected chi connectivity index (χ0v) is 9.11. The SMILES string of the molecule is SCC=Cc1cn[nH]c1-c1ccccc1. The zero-order valence-electron chi connectivity index (χ0n) is 8.22. The van der Waals surface area contributed by atoms with E-state index in [1.54, 1.807) is 0 Å². The molecule has 0 radical (unpaired) electrons. The third-order valence-corrected chi connectivity index (χ3v) is 2.34. The van der Waals surface area contributed by atoms with Crippen LogP contribution in [-0.4, -0.2) is 16.0 Å². The number of nitrogens with zero attached hydrogens (tertiary/aromatic N) is 1. The number of rotatable bonds is 3. The lowest BCUT2D eigenvalue weighted by atomic mass is 10.1. The maximum absolute atomic E-state index is 4.14. The van der Waals surface area contributed by atoms with Gasteiger partial charge >= 0.3 is 0 Å². The van der Waals surface area contributed by atoms with E-state index in [1.165, 1.54) is 0 Å². The molecule has 0 aliphatic rings. The highest BCUT2D eigenvalue weighted by Gasteiger charge is 2.03. The Morgan fingerprint density at radius 3 is 2.80 bits per heavy atom. The Morgan fingerprint density at radius 1 is 1.27 bits per heavy atom. The third kappa shape index (κ3) is 2.30. The van der Waals surface area contributed by atoms with Crippen LogP contribution in [0.3, 0.4) is 0 Å². The first-order valence-electron chi connectivity index (χ1n) is 4.78. The predicted molar refractivity (Wildman–Crippen MR) is 66.9 cm³/mol. The van der Waals surface area contributed by atoms with Gasteiger partial charge in [0.1, 0.15) is 0 Å². The standard InChI is InChI=1S/C12H12N2S/c15-8-4-7-11-9-13-14-12(11)10-5-2-1-3-6-10/h1-7,9,15H,8H2,(H,13,14). The molecular weight excluding hydrogens is 204 g/mol. The van der Waals surface area contributed by atoms with Crippen molar-refractivity contribution in [3.05, 3.63) is 48.2 Å². The second kappa shape index (κ2) is 4.84. The zero-order chi connectivity index (χ0) is 10.5. The van der Waals surface area contributed by atoms with Gasteiger partial charge in [-0.15, -0.1) is 0 Å². The Kier molecular flexibility index (Phi) is 3.25. The van der Waals surface area contributed by atoms with Crippen LogP contribution in [0.15, 0.2) is 42.6 Å². The quantitative estimate of drug-likeness (QED) is 0.759. The van der Waals surface area contributed by atoms with E-state index in [0.717, 1.165) is 22.6 Å². The molecule has 1 heterocycles. The Hall–Kier alpha value is -1.48. The van der Waals surface area contributed by atoms with Crippen LogP contribution >= 0.6 is 12.6 Å². The van der Waals surface area contributed by atoms with Crippen LogP contribution in [0.4, 0.5) is 0 Å². The van der Waals surface area contributed by atoms with Crippen molar-refractivity contribution in [3.63, 3.8) is 0 Å². The first-order chi connectivity index (χ1) is 7.42. The first-order valence-corrected chi connectivity index (χ1v) is 5.41. The molecule has 0 unspecified atom stereocenters. The lowest BCUT2D eigenvalue weighted by Gasteiger charge is -1.98. The van der Waals surface area contributed by atoms with Crippen molar-refractivity contribution in [3.8, 4) is 11.3 Å². The molecule has 0 atom stereocenters. The van der Waals surface area contributed by atoms with Gasteiger partial charge in [-0.05, 0) is 0 Å². The van der Waals surface area contributed by atoms with Crippen LogP contribution in [0.25, 0.3) is 17.3 Å². The number of aromatic nitrogens is 2. The van der Waals surface area contributed by atoms with Crippen molar-refractivity contribution >= 4 is 18.7 Å². The average molecular weight is 216 g/mol. The fraction of sp³-hybridized carbons (Fsp3) is 0.0833. The first kappa shape index (κ1) is 10.1. The molecule has 0 fully saturated rings. The van der Waals surface area contributed by atoms with Crippen LogP contribution in [0.1, 0.15) is 5.56 Å². The van der Waals surface area contributed by atoms with Gasteiger partial charge in [0, 0.05) is 16.9 Å². The van der Waals surface area contributed by atoms with E-state index in [9.17, 15) is 0 Å². The Labute approximate surface area is 94.4 Å². The van der Waals surface area contributed by atoms with Crippen molar-refractivity contribution < 1.29 is 0 Å². The molecule has 76 valence electrons. The minimum absolute atomic E-state index is 0.736. The summed E-state index contributed by atoms with van der Waals surface area (Å²) in [6.45, 7) is 0. The summed E-state index contributed by atoms with van der Waals surface area (Å²) in [6.07, 6.45) is 5.85. The predicted octanol–water partition coefficient (Wildman–Crippen LogP) is 3.02. The lowest BCUT2D eigenvalue weighted by Crippen LogP contribution is -1.80. The number of hydrogen-bond acceptors (Lipinski definition) is 2. The normalized spacial score (nSPS) is 11.0. The summed E-state index contributed by atoms with van der Waals surface area (Å²) in [5.41, 5.74) is 3.29. The number of thiol groups is 1. The van der Waals surface area contributed by atoms with Gasteiger partial charge in [-0.2, -0.15) is 17.7 Å². The number of nitrogens with one attached hydrogen (secondary N) is 1. The molecule has 0 bridgehead atoms. The molecule has 2 aromatic rings. The van der Waals surface area contributed by atoms with E-state index in [2.05, 4.69) is 35.0 Å². The maximum Gasteiger partial charge on any atom is 0.0722 e. The molecule has 0 spiro atoms. The highest BCUT2D eigenvalue weighted by Crippen LogP contribution is 2.21. The third-order valence-electron chi connectivity index (χ3n) is 2.13. The molecule has 0 saturated carbocycles. The molecule has 1 aromatic carbocycles. The van der Waals surface area contributed by atoms with Crippen molar-refractivity contribution in [1.29, 1.82) is 0 Å². The van der Waals surface area contributed by atoms with Crippen LogP contribution in [-0.2, 0) is 0 Å². The lowest BCUT2D eigenvalue weighted by molar-refractivity contribution is 1.10. The highest BCUT2D eigenvalue weighted by molar-refractivity contribution is 7.80. The molecular formula is C12H12N2S. The van der Waals surface area contributed by atoms with Gasteiger partial charge in [0.15, 0.2) is 0 Å². The molecule has 3 heteroatoms. The molecule has 1 aromatic heterocycles. The molecule has 0 aliphatic carbocycles. The summed E-state index contributed by atoms with van der Waals surface area (Å²) in [4.78, 5) is 0. The van der Waals surface area contributed by atoms with E-state index in [4.69, 9.17) is 0 Å². The van der Waals surface area contributed by atoms with Gasteiger partial charge in [-0.1, -0.05) is 42.5 Å². The molecule has 0 aliphatic heterocycles. The fourth-order valence-electron chi connectivity index (χ4n) is 1.44. The molecule has 2 rings (SSSR count). The van der Waals surface area contributed by atoms with Crippen molar-refractivity contribution in [2.24, 2.45) is 0 Å². The Bertz CT molecular complexity index is 446. The Balaban J connectivity index is 2.37. The smallest absolute Gasteiger partial charge is 0.0722 e. The van der Waals surface area contributed by atoms with Gasteiger partial charge in [-0.25, -0.2) is 0 Å². The van der Waals surface area contributed by atoms with Gasteiger partial charge in [0.25, 0.3) is 0 Å². The summed E-state index contributed by atoms with van der Waals surface area (Å²) in [7, 11) is 0. The summed E-state index contributed by atoms with van der Waals surface area (Å²) < 4.78 is 0. The maximum atomic E-state index is 4.14. The second-order valence-electron chi connectivity index (χ2n) is 3.15. The summed E-state index contributed by atoms with van der Waals surface area (Å²) in [5.74, 6) is 0.736. The van der Waals surface area contributed by atoms with Crippen molar-refractivity contribution in [2.45, 2.75) is 0 Å². The molecule has 15 heavy (non-hydrogen) atoms. The number of benzene rings is 1. The fourth-order valence-corrected chi connectivity index (χ4v) is 1.54. The average Bonchev–Trinajstić information content (AvgIpc) is 2.75. The van der Waals surface area contributed by atoms with Crippen molar-refractivity contribution in [1.82, 2.24) is 10.2 Å². The van der Waals surface area contributed by atoms with Gasteiger partial charge in [0.05, 0.1) is 11.9 Å². The van der Waals surface area contributed by atoms with Crippen LogP contribution in [0.5, 0.6) is 0 Å². The topological polar surface area (TPSA) is 28.7 Å². The number of H-pyrrole nitrogens is 1. The highest BCUT2D eigenvalue weighted by atomic mass is 32.1. The Morgan fingerprint density at radius 2 is 2.07 bits per heavy atom. The molecule has 0 amide bonds. The van der Waals surface area contributed by atoms with E-state index in [-0.39, 0.29) is 0 Å². The van der Waals surface area contributed by atoms with E-state index in [1.807, 2.05) is 36.5 Å². The van der Waals surface area contributed by atoms with Crippen LogP contribution in [0.2, 0.25) is 0 Å². The molecule has 1 N–H and O–H groups in total. The van der Waals surface area contributed by atoms with E-state index >= 15 is 0 Å².